The summed E-state index contributed by atoms with van der Waals surface area (Å²) in [6.45, 7) is 2.42. The second kappa shape index (κ2) is 12.4. The second-order valence-corrected chi connectivity index (χ2v) is 9.66. The molecule has 2 fully saturated rings. The van der Waals surface area contributed by atoms with Crippen molar-refractivity contribution in [1.82, 2.24) is 14.9 Å². The molecule has 1 N–H and O–H groups in total. The van der Waals surface area contributed by atoms with Crippen molar-refractivity contribution >= 4 is 29.9 Å². The molecule has 210 valence electrons. The molecule has 3 aliphatic heterocycles. The summed E-state index contributed by atoms with van der Waals surface area (Å²) in [6.07, 6.45) is 3.33. The maximum Gasteiger partial charge on any atom is 0.328 e. The largest absolute Gasteiger partial charge is 0.486 e. The number of fused-ring (bicyclic) bond motifs is 1. The maximum atomic E-state index is 13.4. The summed E-state index contributed by atoms with van der Waals surface area (Å²) in [6, 6.07) is 4.94. The van der Waals surface area contributed by atoms with E-state index in [1.54, 1.807) is 12.0 Å². The van der Waals surface area contributed by atoms with Gasteiger partial charge in [-0.3, -0.25) is 19.8 Å². The lowest BCUT2D eigenvalue weighted by Crippen LogP contribution is -2.42. The number of hydrogen-bond donors (Lipinski definition) is 1. The van der Waals surface area contributed by atoms with E-state index in [0.29, 0.717) is 69.8 Å². The van der Waals surface area contributed by atoms with Crippen LogP contribution >= 0.6 is 0 Å². The number of hydrogen-bond acceptors (Lipinski definition) is 10. The second-order valence-electron chi connectivity index (χ2n) is 9.66. The van der Waals surface area contributed by atoms with Gasteiger partial charge >= 0.3 is 6.03 Å². The van der Waals surface area contributed by atoms with Gasteiger partial charge in [0.25, 0.3) is 0 Å². The summed E-state index contributed by atoms with van der Waals surface area (Å²) in [4.78, 5) is 49.3. The minimum atomic E-state index is -0.481. The summed E-state index contributed by atoms with van der Waals surface area (Å²) in [7, 11) is 1.57. The predicted molar refractivity (Wildman–Crippen MR) is 140 cm³/mol. The van der Waals surface area contributed by atoms with E-state index in [4.69, 9.17) is 18.9 Å². The van der Waals surface area contributed by atoms with Gasteiger partial charge in [0, 0.05) is 44.8 Å². The Morgan fingerprint density at radius 2 is 2.15 bits per heavy atom. The number of amides is 3. The Hall–Kier alpha value is -4.12. The highest BCUT2D eigenvalue weighted by Crippen LogP contribution is 2.30. The van der Waals surface area contributed by atoms with E-state index in [0.717, 1.165) is 5.56 Å². The van der Waals surface area contributed by atoms with Crippen LogP contribution in [0.15, 0.2) is 18.3 Å². The Kier molecular flexibility index (Phi) is 8.49. The first-order valence-corrected chi connectivity index (χ1v) is 13.1. The first-order valence-electron chi connectivity index (χ1n) is 13.1. The highest BCUT2D eigenvalue weighted by molar-refractivity contribution is 6.01. The number of nitrogens with zero attached hydrogens (tertiary/aromatic N) is 5. The first kappa shape index (κ1) is 27.4. The van der Waals surface area contributed by atoms with E-state index in [9.17, 15) is 19.6 Å². The SMILES string of the molecule is CO[C@H]1COCCC1Oc1cc(NC(=O)N2CCCc3cc(CN4CCOCC4=O)c(C=O)nc32)ncc1C#N. The molecule has 13 nitrogen and oxygen atoms in total. The monoisotopic (exact) mass is 550 g/mol. The minimum absolute atomic E-state index is 0.0148. The van der Waals surface area contributed by atoms with E-state index >= 15 is 0 Å². The molecule has 2 saturated heterocycles. The number of nitriles is 1. The standard InChI is InChI=1S/C27H30N6O7/c1-37-23-15-38-7-4-21(23)40-22-10-24(29-12-19(22)11-28)31-27(36)33-5-2-3-17-9-18(20(14-34)30-26(17)33)13-32-6-8-39-16-25(32)35/h9-10,12,14,21,23H,2-8,13,15-16H2,1H3,(H,29,31,36)/t21?,23-/m0/s1. The lowest BCUT2D eigenvalue weighted by atomic mass is 10.0. The van der Waals surface area contributed by atoms with Crippen LogP contribution in [0.2, 0.25) is 0 Å². The van der Waals surface area contributed by atoms with Gasteiger partial charge in [-0.1, -0.05) is 0 Å². The molecule has 0 aromatic carbocycles. The number of aryl methyl sites for hydroxylation is 1. The Morgan fingerprint density at radius 3 is 2.92 bits per heavy atom. The van der Waals surface area contributed by atoms with Crippen LogP contribution in [0.25, 0.3) is 0 Å². The number of morpholine rings is 1. The molecule has 2 atom stereocenters. The smallest absolute Gasteiger partial charge is 0.328 e. The van der Waals surface area contributed by atoms with Crippen LogP contribution in [-0.2, 0) is 32.0 Å². The highest BCUT2D eigenvalue weighted by Gasteiger charge is 2.30. The van der Waals surface area contributed by atoms with Crippen LogP contribution in [0.1, 0.15) is 40.0 Å². The lowest BCUT2D eigenvalue weighted by molar-refractivity contribution is -0.143. The molecular formula is C27H30N6O7. The van der Waals surface area contributed by atoms with Crippen LogP contribution in [-0.4, -0.2) is 91.9 Å². The van der Waals surface area contributed by atoms with Gasteiger partial charge in [0.05, 0.1) is 26.0 Å². The van der Waals surface area contributed by atoms with E-state index in [-0.39, 0.29) is 54.1 Å². The summed E-state index contributed by atoms with van der Waals surface area (Å²) >= 11 is 0. The van der Waals surface area contributed by atoms with Crippen molar-refractivity contribution in [2.45, 2.75) is 38.0 Å². The summed E-state index contributed by atoms with van der Waals surface area (Å²) in [5.41, 5.74) is 1.84. The third-order valence-corrected chi connectivity index (χ3v) is 7.12. The summed E-state index contributed by atoms with van der Waals surface area (Å²) < 4.78 is 22.2. The fourth-order valence-electron chi connectivity index (χ4n) is 4.98. The molecule has 0 spiro atoms. The molecule has 5 rings (SSSR count). The van der Waals surface area contributed by atoms with Crippen LogP contribution < -0.4 is 15.0 Å². The van der Waals surface area contributed by atoms with Crippen molar-refractivity contribution in [2.24, 2.45) is 0 Å². The fraction of sp³-hybridized carbons (Fsp3) is 0.481. The molecule has 2 aromatic rings. The number of pyridine rings is 2. The Labute approximate surface area is 231 Å². The Balaban J connectivity index is 1.34. The fourth-order valence-corrected chi connectivity index (χ4v) is 4.98. The van der Waals surface area contributed by atoms with Gasteiger partial charge in [0.2, 0.25) is 5.91 Å². The van der Waals surface area contributed by atoms with Gasteiger partial charge in [-0.05, 0) is 24.5 Å². The number of aromatic nitrogens is 2. The summed E-state index contributed by atoms with van der Waals surface area (Å²) in [5.74, 6) is 0.725. The van der Waals surface area contributed by atoms with Gasteiger partial charge in [-0.15, -0.1) is 0 Å². The van der Waals surface area contributed by atoms with Crippen LogP contribution in [0.5, 0.6) is 5.75 Å². The van der Waals surface area contributed by atoms with Gasteiger partial charge in [0.15, 0.2) is 6.29 Å². The Bertz CT molecular complexity index is 1330. The van der Waals surface area contributed by atoms with Crippen molar-refractivity contribution in [2.75, 3.05) is 56.8 Å². The minimum Gasteiger partial charge on any atom is -0.486 e. The van der Waals surface area contributed by atoms with Crippen molar-refractivity contribution in [1.29, 1.82) is 5.26 Å². The van der Waals surface area contributed by atoms with Crippen molar-refractivity contribution in [3.63, 3.8) is 0 Å². The van der Waals surface area contributed by atoms with E-state index in [1.165, 1.54) is 17.2 Å². The molecule has 3 aliphatic rings. The molecular weight excluding hydrogens is 520 g/mol. The number of methoxy groups -OCH3 is 1. The third-order valence-electron chi connectivity index (χ3n) is 7.12. The van der Waals surface area contributed by atoms with Gasteiger partial charge in [-0.2, -0.15) is 5.26 Å². The number of aldehydes is 1. The van der Waals surface area contributed by atoms with E-state index in [1.807, 2.05) is 6.07 Å². The zero-order valence-electron chi connectivity index (χ0n) is 22.1. The quantitative estimate of drug-likeness (QED) is 0.503. The maximum absolute atomic E-state index is 13.4. The predicted octanol–water partition coefficient (Wildman–Crippen LogP) is 1.69. The number of carbonyl (C=O) groups excluding carboxylic acids is 3. The number of urea groups is 1. The number of rotatable bonds is 7. The van der Waals surface area contributed by atoms with E-state index < -0.39 is 6.03 Å². The number of ether oxygens (including phenoxy) is 4. The normalized spacial score (nSPS) is 20.9. The molecule has 40 heavy (non-hydrogen) atoms. The molecule has 5 heterocycles. The van der Waals surface area contributed by atoms with Crippen LogP contribution in [0.4, 0.5) is 16.4 Å². The van der Waals surface area contributed by atoms with Gasteiger partial charge < -0.3 is 23.8 Å². The average Bonchev–Trinajstić information content (AvgIpc) is 2.98. The third kappa shape index (κ3) is 5.89. The van der Waals surface area contributed by atoms with Crippen molar-refractivity contribution < 1.29 is 33.3 Å². The van der Waals surface area contributed by atoms with Crippen molar-refractivity contribution in [3.8, 4) is 11.8 Å². The molecule has 0 aliphatic carbocycles. The zero-order valence-corrected chi connectivity index (χ0v) is 22.1. The molecule has 0 saturated carbocycles. The number of anilines is 2. The summed E-state index contributed by atoms with van der Waals surface area (Å²) in [5, 5.41) is 12.3. The van der Waals surface area contributed by atoms with Gasteiger partial charge in [0.1, 0.15) is 53.5 Å². The van der Waals surface area contributed by atoms with Crippen LogP contribution in [0, 0.1) is 11.3 Å². The lowest BCUT2D eigenvalue weighted by Gasteiger charge is -2.31. The number of carbonyl (C=O) groups is 3. The van der Waals surface area contributed by atoms with Crippen LogP contribution in [0.3, 0.4) is 0 Å². The molecule has 13 heteroatoms. The van der Waals surface area contributed by atoms with Gasteiger partial charge in [-0.25, -0.2) is 14.8 Å². The molecule has 0 bridgehead atoms. The highest BCUT2D eigenvalue weighted by atomic mass is 16.6. The average molecular weight is 551 g/mol. The molecule has 3 amide bonds. The van der Waals surface area contributed by atoms with E-state index in [2.05, 4.69) is 21.4 Å². The Morgan fingerprint density at radius 1 is 1.27 bits per heavy atom. The van der Waals surface area contributed by atoms with Crippen molar-refractivity contribution in [3.05, 3.63) is 40.7 Å². The number of nitrogens with one attached hydrogen (secondary N) is 1. The molecule has 1 unspecified atom stereocenters. The molecule has 0 radical (unpaired) electrons. The topological polar surface area (TPSA) is 156 Å². The zero-order chi connectivity index (χ0) is 28.1. The molecule has 2 aromatic heterocycles. The first-order chi connectivity index (χ1) is 19.5.